The van der Waals surface area contributed by atoms with Crippen LogP contribution in [0.3, 0.4) is 0 Å². The fraction of sp³-hybridized carbons (Fsp3) is 0.556. The quantitative estimate of drug-likeness (QED) is 0.859. The summed E-state index contributed by atoms with van der Waals surface area (Å²) < 4.78 is 6.89. The minimum atomic E-state index is 0.00951. The molecular formula is C18H25BrN4O. The van der Waals surface area contributed by atoms with E-state index in [0.717, 1.165) is 40.8 Å². The van der Waals surface area contributed by atoms with Crippen molar-refractivity contribution in [3.8, 4) is 0 Å². The molecule has 2 atom stereocenters. The van der Waals surface area contributed by atoms with Crippen LogP contribution in [0.15, 0.2) is 29.0 Å². The average Bonchev–Trinajstić information content (AvgIpc) is 2.52. The molecule has 1 N–H and O–H groups in total. The van der Waals surface area contributed by atoms with E-state index in [1.165, 1.54) is 0 Å². The van der Waals surface area contributed by atoms with Gasteiger partial charge >= 0.3 is 0 Å². The molecule has 0 radical (unpaired) electrons. The van der Waals surface area contributed by atoms with Gasteiger partial charge in [-0.3, -0.25) is 4.90 Å². The minimum Gasteiger partial charge on any atom is -0.373 e. The van der Waals surface area contributed by atoms with Crippen molar-refractivity contribution in [1.82, 2.24) is 14.9 Å². The van der Waals surface area contributed by atoms with Crippen molar-refractivity contribution in [3.63, 3.8) is 0 Å². The Bertz CT molecular complexity index is 711. The highest BCUT2D eigenvalue weighted by atomic mass is 79.9. The molecule has 0 aliphatic carbocycles. The Morgan fingerprint density at radius 2 is 1.96 bits per heavy atom. The summed E-state index contributed by atoms with van der Waals surface area (Å²) in [7, 11) is 0. The van der Waals surface area contributed by atoms with E-state index in [9.17, 15) is 0 Å². The van der Waals surface area contributed by atoms with Gasteiger partial charge in [-0.2, -0.15) is 0 Å². The second-order valence-corrected chi connectivity index (χ2v) is 8.13. The van der Waals surface area contributed by atoms with Gasteiger partial charge in [0.05, 0.1) is 17.7 Å². The molecular weight excluding hydrogens is 368 g/mol. The standard InChI is InChI=1S/C18H25BrN4O/c1-12-8-23(9-13(2)24-12)18(3,4)10-20-17-15-7-14(19)5-6-16(15)21-11-22-17/h5-7,11-13H,8-10H2,1-4H3,(H,20,21,22). The molecule has 6 heteroatoms. The number of aromatic nitrogens is 2. The Morgan fingerprint density at radius 1 is 1.25 bits per heavy atom. The van der Waals surface area contributed by atoms with Gasteiger partial charge in [0.25, 0.3) is 0 Å². The zero-order valence-electron chi connectivity index (χ0n) is 14.7. The third-order valence-corrected chi connectivity index (χ3v) is 5.05. The fourth-order valence-corrected chi connectivity index (χ4v) is 3.61. The third-order valence-electron chi connectivity index (χ3n) is 4.56. The summed E-state index contributed by atoms with van der Waals surface area (Å²) in [6, 6.07) is 6.06. The highest BCUT2D eigenvalue weighted by Gasteiger charge is 2.33. The molecule has 130 valence electrons. The maximum atomic E-state index is 5.86. The molecule has 0 spiro atoms. The van der Waals surface area contributed by atoms with Crippen LogP contribution in [-0.2, 0) is 4.74 Å². The predicted molar refractivity (Wildman–Crippen MR) is 101 cm³/mol. The lowest BCUT2D eigenvalue weighted by Crippen LogP contribution is -2.57. The van der Waals surface area contributed by atoms with Crippen molar-refractivity contribution in [2.75, 3.05) is 25.0 Å². The molecule has 3 rings (SSSR count). The summed E-state index contributed by atoms with van der Waals surface area (Å²) in [5.74, 6) is 0.878. The molecule has 2 aromatic rings. The van der Waals surface area contributed by atoms with Crippen LogP contribution >= 0.6 is 15.9 Å². The number of hydrogen-bond donors (Lipinski definition) is 1. The molecule has 2 heterocycles. The van der Waals surface area contributed by atoms with E-state index in [0.29, 0.717) is 0 Å². The van der Waals surface area contributed by atoms with Crippen molar-refractivity contribution < 1.29 is 4.74 Å². The van der Waals surface area contributed by atoms with Crippen LogP contribution < -0.4 is 5.32 Å². The monoisotopic (exact) mass is 392 g/mol. The number of rotatable bonds is 4. The van der Waals surface area contributed by atoms with Crippen LogP contribution in [0.2, 0.25) is 0 Å². The fourth-order valence-electron chi connectivity index (χ4n) is 3.25. The molecule has 1 saturated heterocycles. The predicted octanol–water partition coefficient (Wildman–Crippen LogP) is 3.69. The van der Waals surface area contributed by atoms with Crippen LogP contribution in [0.4, 0.5) is 5.82 Å². The summed E-state index contributed by atoms with van der Waals surface area (Å²) in [5.41, 5.74) is 0.956. The van der Waals surface area contributed by atoms with Gasteiger partial charge in [0, 0.05) is 35.0 Å². The molecule has 1 aromatic heterocycles. The highest BCUT2D eigenvalue weighted by Crippen LogP contribution is 2.25. The first-order chi connectivity index (χ1) is 11.3. The van der Waals surface area contributed by atoms with Gasteiger partial charge in [0.2, 0.25) is 0 Å². The number of nitrogens with zero attached hydrogens (tertiary/aromatic N) is 3. The van der Waals surface area contributed by atoms with Crippen LogP contribution in [0.1, 0.15) is 27.7 Å². The highest BCUT2D eigenvalue weighted by molar-refractivity contribution is 9.10. The summed E-state index contributed by atoms with van der Waals surface area (Å²) in [5, 5.41) is 4.56. The van der Waals surface area contributed by atoms with E-state index in [1.54, 1.807) is 6.33 Å². The van der Waals surface area contributed by atoms with Gasteiger partial charge in [-0.1, -0.05) is 15.9 Å². The third kappa shape index (κ3) is 3.87. The number of morpholine rings is 1. The molecule has 1 aliphatic heterocycles. The van der Waals surface area contributed by atoms with Gasteiger partial charge in [-0.15, -0.1) is 0 Å². The van der Waals surface area contributed by atoms with Crippen LogP contribution in [0.5, 0.6) is 0 Å². The van der Waals surface area contributed by atoms with E-state index in [2.05, 4.69) is 69.9 Å². The van der Waals surface area contributed by atoms with E-state index < -0.39 is 0 Å². The average molecular weight is 393 g/mol. The normalized spacial score (nSPS) is 22.7. The van der Waals surface area contributed by atoms with Crippen molar-refractivity contribution in [2.45, 2.75) is 45.4 Å². The zero-order chi connectivity index (χ0) is 17.3. The number of benzene rings is 1. The number of anilines is 1. The topological polar surface area (TPSA) is 50.3 Å². The SMILES string of the molecule is CC1CN(C(C)(C)CNc2ncnc3ccc(Br)cc23)CC(C)O1. The lowest BCUT2D eigenvalue weighted by atomic mass is 10.00. The maximum absolute atomic E-state index is 5.86. The first-order valence-corrected chi connectivity index (χ1v) is 9.19. The Balaban J connectivity index is 1.76. The van der Waals surface area contributed by atoms with Crippen molar-refractivity contribution >= 4 is 32.7 Å². The van der Waals surface area contributed by atoms with E-state index in [1.807, 2.05) is 12.1 Å². The Hall–Kier alpha value is -1.24. The molecule has 1 fully saturated rings. The van der Waals surface area contributed by atoms with Crippen molar-refractivity contribution in [3.05, 3.63) is 29.0 Å². The molecule has 5 nitrogen and oxygen atoms in total. The molecule has 0 amide bonds. The molecule has 0 bridgehead atoms. The van der Waals surface area contributed by atoms with Gasteiger partial charge in [-0.25, -0.2) is 9.97 Å². The number of halogens is 1. The van der Waals surface area contributed by atoms with Gasteiger partial charge in [0.15, 0.2) is 0 Å². The minimum absolute atomic E-state index is 0.00951. The molecule has 0 saturated carbocycles. The molecule has 1 aliphatic rings. The van der Waals surface area contributed by atoms with Gasteiger partial charge in [-0.05, 0) is 45.9 Å². The van der Waals surface area contributed by atoms with Gasteiger partial charge in [0.1, 0.15) is 12.1 Å². The maximum Gasteiger partial charge on any atom is 0.137 e. The van der Waals surface area contributed by atoms with Crippen molar-refractivity contribution in [1.29, 1.82) is 0 Å². The Morgan fingerprint density at radius 3 is 2.67 bits per heavy atom. The lowest BCUT2D eigenvalue weighted by molar-refractivity contribution is -0.0933. The summed E-state index contributed by atoms with van der Waals surface area (Å²) in [6.07, 6.45) is 2.15. The first-order valence-electron chi connectivity index (χ1n) is 8.40. The van der Waals surface area contributed by atoms with E-state index >= 15 is 0 Å². The second kappa shape index (κ2) is 6.94. The van der Waals surface area contributed by atoms with E-state index in [-0.39, 0.29) is 17.7 Å². The van der Waals surface area contributed by atoms with Gasteiger partial charge < -0.3 is 10.1 Å². The van der Waals surface area contributed by atoms with Crippen LogP contribution in [0, 0.1) is 0 Å². The van der Waals surface area contributed by atoms with E-state index in [4.69, 9.17) is 4.74 Å². The molecule has 2 unspecified atom stereocenters. The molecule has 1 aromatic carbocycles. The summed E-state index contributed by atoms with van der Waals surface area (Å²) >= 11 is 3.53. The second-order valence-electron chi connectivity index (χ2n) is 7.21. The number of hydrogen-bond acceptors (Lipinski definition) is 5. The van der Waals surface area contributed by atoms with Crippen molar-refractivity contribution in [2.24, 2.45) is 0 Å². The number of ether oxygens (including phenoxy) is 1. The number of fused-ring (bicyclic) bond motifs is 1. The summed E-state index contributed by atoms with van der Waals surface area (Å²) in [4.78, 5) is 11.3. The summed E-state index contributed by atoms with van der Waals surface area (Å²) in [6.45, 7) is 11.5. The first kappa shape index (κ1) is 17.6. The Labute approximate surface area is 151 Å². The molecule has 24 heavy (non-hydrogen) atoms. The van der Waals surface area contributed by atoms with Crippen LogP contribution in [0.25, 0.3) is 10.9 Å². The number of nitrogens with one attached hydrogen (secondary N) is 1. The van der Waals surface area contributed by atoms with Crippen LogP contribution in [-0.4, -0.2) is 52.2 Å². The smallest absolute Gasteiger partial charge is 0.137 e. The lowest BCUT2D eigenvalue weighted by Gasteiger charge is -2.45. The Kier molecular flexibility index (Phi) is 5.08. The zero-order valence-corrected chi connectivity index (χ0v) is 16.3. The largest absolute Gasteiger partial charge is 0.373 e.